The molecule has 5 heteroatoms. The molecule has 78 valence electrons. The molecule has 14 heavy (non-hydrogen) atoms. The Kier molecular flexibility index (Phi) is 2.71. The van der Waals surface area contributed by atoms with E-state index < -0.39 is 9.84 Å². The Morgan fingerprint density at radius 1 is 1.29 bits per heavy atom. The molecule has 1 aromatic rings. The van der Waals surface area contributed by atoms with E-state index in [0.717, 1.165) is 11.9 Å². The maximum atomic E-state index is 11.2. The number of nitrogen functional groups attached to an aromatic ring is 1. The van der Waals surface area contributed by atoms with Crippen molar-refractivity contribution in [1.29, 1.82) is 0 Å². The lowest BCUT2D eigenvalue weighted by atomic mass is 10.3. The monoisotopic (exact) mass is 214 g/mol. The summed E-state index contributed by atoms with van der Waals surface area (Å²) in [7, 11) is 0.520. The lowest BCUT2D eigenvalue weighted by molar-refractivity contribution is 0.602. The van der Waals surface area contributed by atoms with Crippen LogP contribution >= 0.6 is 0 Å². The molecule has 0 spiro atoms. The molecule has 1 aromatic carbocycles. The zero-order chi connectivity index (χ0) is 10.9. The maximum absolute atomic E-state index is 11.2. The Balaban J connectivity index is 3.28. The van der Waals surface area contributed by atoms with E-state index in [0.29, 0.717) is 5.69 Å². The summed E-state index contributed by atoms with van der Waals surface area (Å²) in [5, 5.41) is 0. The highest BCUT2D eigenvalue weighted by molar-refractivity contribution is 7.90. The SMILES string of the molecule is CN(C)c1ccc(S(C)(=O)=O)c(N)c1. The zero-order valence-electron chi connectivity index (χ0n) is 8.48. The summed E-state index contributed by atoms with van der Waals surface area (Å²) in [6.45, 7) is 0. The molecule has 0 atom stereocenters. The Hall–Kier alpha value is -1.23. The van der Waals surface area contributed by atoms with Crippen LogP contribution in [0.1, 0.15) is 0 Å². The molecule has 2 N–H and O–H groups in total. The van der Waals surface area contributed by atoms with Crippen LogP contribution in [0.4, 0.5) is 11.4 Å². The van der Waals surface area contributed by atoms with Gasteiger partial charge in [0.25, 0.3) is 0 Å². The molecule has 0 fully saturated rings. The predicted octanol–water partition coefficient (Wildman–Crippen LogP) is 0.738. The molecule has 0 saturated heterocycles. The Morgan fingerprint density at radius 2 is 1.86 bits per heavy atom. The molecule has 0 saturated carbocycles. The van der Waals surface area contributed by atoms with Crippen LogP contribution in [0, 0.1) is 0 Å². The van der Waals surface area contributed by atoms with Crippen molar-refractivity contribution < 1.29 is 8.42 Å². The summed E-state index contributed by atoms with van der Waals surface area (Å²) in [6, 6.07) is 4.91. The maximum Gasteiger partial charge on any atom is 0.177 e. The fourth-order valence-corrected chi connectivity index (χ4v) is 1.95. The minimum Gasteiger partial charge on any atom is -0.398 e. The highest BCUT2D eigenvalue weighted by Gasteiger charge is 2.11. The van der Waals surface area contributed by atoms with Gasteiger partial charge < -0.3 is 10.6 Å². The van der Waals surface area contributed by atoms with Crippen LogP contribution in [-0.2, 0) is 9.84 Å². The average molecular weight is 214 g/mol. The number of rotatable bonds is 2. The van der Waals surface area contributed by atoms with Gasteiger partial charge in [-0.1, -0.05) is 0 Å². The molecule has 4 nitrogen and oxygen atoms in total. The molecule has 1 rings (SSSR count). The fourth-order valence-electron chi connectivity index (χ4n) is 1.15. The van der Waals surface area contributed by atoms with Gasteiger partial charge in [0.15, 0.2) is 9.84 Å². The molecular weight excluding hydrogens is 200 g/mol. The number of sulfone groups is 1. The second kappa shape index (κ2) is 3.49. The van der Waals surface area contributed by atoms with E-state index in [9.17, 15) is 8.42 Å². The second-order valence-corrected chi connectivity index (χ2v) is 5.37. The third-order valence-corrected chi connectivity index (χ3v) is 3.08. The van der Waals surface area contributed by atoms with Crippen molar-refractivity contribution in [3.8, 4) is 0 Å². The van der Waals surface area contributed by atoms with E-state index in [1.54, 1.807) is 12.1 Å². The first-order valence-electron chi connectivity index (χ1n) is 4.09. The van der Waals surface area contributed by atoms with Crippen LogP contribution < -0.4 is 10.6 Å². The van der Waals surface area contributed by atoms with Crippen molar-refractivity contribution in [2.45, 2.75) is 4.90 Å². The first kappa shape index (κ1) is 10.8. The summed E-state index contributed by atoms with van der Waals surface area (Å²) >= 11 is 0. The van der Waals surface area contributed by atoms with Crippen LogP contribution in [0.5, 0.6) is 0 Å². The van der Waals surface area contributed by atoms with Crippen molar-refractivity contribution in [2.24, 2.45) is 0 Å². The van der Waals surface area contributed by atoms with E-state index in [1.165, 1.54) is 6.07 Å². The van der Waals surface area contributed by atoms with Gasteiger partial charge in [-0.05, 0) is 18.2 Å². The molecule has 0 aliphatic carbocycles. The molecule has 0 amide bonds. The standard InChI is InChI=1S/C9H14N2O2S/c1-11(2)7-4-5-9(8(10)6-7)14(3,12)13/h4-6H,10H2,1-3H3. The molecule has 0 radical (unpaired) electrons. The molecule has 0 aliphatic rings. The number of benzene rings is 1. The van der Waals surface area contributed by atoms with Gasteiger partial charge >= 0.3 is 0 Å². The van der Waals surface area contributed by atoms with Gasteiger partial charge in [0, 0.05) is 26.0 Å². The highest BCUT2D eigenvalue weighted by atomic mass is 32.2. The first-order valence-corrected chi connectivity index (χ1v) is 5.98. The van der Waals surface area contributed by atoms with Gasteiger partial charge in [-0.25, -0.2) is 8.42 Å². The lowest BCUT2D eigenvalue weighted by Crippen LogP contribution is -2.10. The summed E-state index contributed by atoms with van der Waals surface area (Å²) < 4.78 is 22.5. The molecule has 0 heterocycles. The van der Waals surface area contributed by atoms with Crippen LogP contribution in [0.25, 0.3) is 0 Å². The van der Waals surface area contributed by atoms with E-state index in [1.807, 2.05) is 19.0 Å². The predicted molar refractivity (Wildman–Crippen MR) is 58.3 cm³/mol. The van der Waals surface area contributed by atoms with Crippen molar-refractivity contribution in [2.75, 3.05) is 31.0 Å². The fraction of sp³-hybridized carbons (Fsp3) is 0.333. The minimum atomic E-state index is -3.22. The summed E-state index contributed by atoms with van der Waals surface area (Å²) in [5.74, 6) is 0. The summed E-state index contributed by atoms with van der Waals surface area (Å²) in [4.78, 5) is 2.05. The molecule has 0 aromatic heterocycles. The largest absolute Gasteiger partial charge is 0.398 e. The van der Waals surface area contributed by atoms with Gasteiger partial charge in [0.2, 0.25) is 0 Å². The van der Waals surface area contributed by atoms with Gasteiger partial charge in [-0.2, -0.15) is 0 Å². The Bertz CT molecular complexity index is 438. The van der Waals surface area contributed by atoms with Crippen LogP contribution in [0.2, 0.25) is 0 Å². The van der Waals surface area contributed by atoms with E-state index >= 15 is 0 Å². The van der Waals surface area contributed by atoms with Crippen molar-refractivity contribution in [3.05, 3.63) is 18.2 Å². The number of hydrogen-bond donors (Lipinski definition) is 1. The molecule has 0 unspecified atom stereocenters. The topological polar surface area (TPSA) is 63.4 Å². The molecule has 0 bridgehead atoms. The zero-order valence-corrected chi connectivity index (χ0v) is 9.30. The number of nitrogens with zero attached hydrogens (tertiary/aromatic N) is 1. The average Bonchev–Trinajstić information content (AvgIpc) is 2.01. The number of hydrogen-bond acceptors (Lipinski definition) is 4. The first-order chi connectivity index (χ1) is 6.32. The summed E-state index contributed by atoms with van der Waals surface area (Å²) in [6.07, 6.45) is 1.15. The normalized spacial score (nSPS) is 11.4. The number of nitrogens with two attached hydrogens (primary N) is 1. The van der Waals surface area contributed by atoms with Crippen LogP contribution in [0.15, 0.2) is 23.1 Å². The minimum absolute atomic E-state index is 0.183. The quantitative estimate of drug-likeness (QED) is 0.737. The van der Waals surface area contributed by atoms with E-state index in [2.05, 4.69) is 0 Å². The third kappa shape index (κ3) is 2.17. The Morgan fingerprint density at radius 3 is 2.21 bits per heavy atom. The van der Waals surface area contributed by atoms with Gasteiger partial charge in [0.1, 0.15) is 0 Å². The molecule has 0 aliphatic heterocycles. The summed E-state index contributed by atoms with van der Waals surface area (Å²) in [5.41, 5.74) is 6.81. The van der Waals surface area contributed by atoms with Gasteiger partial charge in [-0.15, -0.1) is 0 Å². The van der Waals surface area contributed by atoms with Crippen molar-refractivity contribution in [1.82, 2.24) is 0 Å². The van der Waals surface area contributed by atoms with Crippen molar-refractivity contribution in [3.63, 3.8) is 0 Å². The van der Waals surface area contributed by atoms with Crippen LogP contribution in [-0.4, -0.2) is 28.8 Å². The lowest BCUT2D eigenvalue weighted by Gasteiger charge is -2.14. The van der Waals surface area contributed by atoms with E-state index in [4.69, 9.17) is 5.73 Å². The van der Waals surface area contributed by atoms with Crippen LogP contribution in [0.3, 0.4) is 0 Å². The van der Waals surface area contributed by atoms with Crippen molar-refractivity contribution >= 4 is 21.2 Å². The molecular formula is C9H14N2O2S. The van der Waals surface area contributed by atoms with Gasteiger partial charge in [-0.3, -0.25) is 0 Å². The Labute approximate surface area is 84.3 Å². The number of anilines is 2. The highest BCUT2D eigenvalue weighted by Crippen LogP contribution is 2.23. The van der Waals surface area contributed by atoms with Gasteiger partial charge in [0.05, 0.1) is 10.6 Å². The smallest absolute Gasteiger partial charge is 0.177 e. The van der Waals surface area contributed by atoms with E-state index in [-0.39, 0.29) is 4.90 Å². The third-order valence-electron chi connectivity index (χ3n) is 1.91. The second-order valence-electron chi connectivity index (χ2n) is 3.39.